The SMILES string of the molecule is C[C@@H](NC(=O)COC(=O)c1ccc(S(=O)(=O)Nc2ccccc2)cc1)c1ccc(F)cc1. The minimum absolute atomic E-state index is 0.0243. The van der Waals surface area contributed by atoms with Crippen LogP contribution in [0.5, 0.6) is 0 Å². The average molecular weight is 456 g/mol. The van der Waals surface area contributed by atoms with Gasteiger partial charge in [-0.1, -0.05) is 30.3 Å². The van der Waals surface area contributed by atoms with Crippen LogP contribution in [0.3, 0.4) is 0 Å². The van der Waals surface area contributed by atoms with Gasteiger partial charge in [0.25, 0.3) is 15.9 Å². The maximum absolute atomic E-state index is 13.0. The normalized spacial score (nSPS) is 11.9. The molecule has 0 bridgehead atoms. The second-order valence-corrected chi connectivity index (χ2v) is 8.60. The zero-order valence-corrected chi connectivity index (χ0v) is 17.9. The summed E-state index contributed by atoms with van der Waals surface area (Å²) in [7, 11) is -3.81. The Bertz CT molecular complexity index is 1180. The van der Waals surface area contributed by atoms with Crippen molar-refractivity contribution in [2.45, 2.75) is 17.9 Å². The number of anilines is 1. The fourth-order valence-electron chi connectivity index (χ4n) is 2.82. The molecule has 0 aromatic heterocycles. The number of nitrogens with one attached hydrogen (secondary N) is 2. The largest absolute Gasteiger partial charge is 0.452 e. The number of carbonyl (C=O) groups is 2. The number of hydrogen-bond donors (Lipinski definition) is 2. The molecule has 1 atom stereocenters. The molecule has 2 N–H and O–H groups in total. The van der Waals surface area contributed by atoms with Gasteiger partial charge in [-0.15, -0.1) is 0 Å². The molecular formula is C23H21FN2O5S. The highest BCUT2D eigenvalue weighted by molar-refractivity contribution is 7.92. The van der Waals surface area contributed by atoms with E-state index in [9.17, 15) is 22.4 Å². The van der Waals surface area contributed by atoms with Crippen molar-refractivity contribution in [2.24, 2.45) is 0 Å². The summed E-state index contributed by atoms with van der Waals surface area (Å²) in [4.78, 5) is 24.2. The zero-order chi connectivity index (χ0) is 23.1. The van der Waals surface area contributed by atoms with Gasteiger partial charge in [0.1, 0.15) is 5.82 Å². The van der Waals surface area contributed by atoms with E-state index < -0.39 is 34.5 Å². The predicted octanol–water partition coefficient (Wildman–Crippen LogP) is 3.66. The number of ether oxygens (including phenoxy) is 1. The van der Waals surface area contributed by atoms with E-state index in [2.05, 4.69) is 10.0 Å². The van der Waals surface area contributed by atoms with Gasteiger partial charge in [0.2, 0.25) is 0 Å². The quantitative estimate of drug-likeness (QED) is 0.504. The van der Waals surface area contributed by atoms with E-state index in [-0.39, 0.29) is 16.3 Å². The van der Waals surface area contributed by atoms with E-state index in [1.807, 2.05) is 0 Å². The van der Waals surface area contributed by atoms with Crippen LogP contribution in [-0.2, 0) is 19.6 Å². The van der Waals surface area contributed by atoms with Crippen LogP contribution in [0, 0.1) is 5.82 Å². The summed E-state index contributed by atoms with van der Waals surface area (Å²) < 4.78 is 45.3. The summed E-state index contributed by atoms with van der Waals surface area (Å²) in [5.74, 6) is -1.67. The van der Waals surface area contributed by atoms with E-state index in [0.717, 1.165) is 0 Å². The number of rotatable bonds is 8. The number of halogens is 1. The number of para-hydroxylation sites is 1. The van der Waals surface area contributed by atoms with E-state index in [0.29, 0.717) is 11.3 Å². The summed E-state index contributed by atoms with van der Waals surface area (Å²) in [6, 6.07) is 18.8. The maximum atomic E-state index is 13.0. The Kier molecular flexibility index (Phi) is 7.21. The van der Waals surface area contributed by atoms with Crippen LogP contribution < -0.4 is 10.0 Å². The van der Waals surface area contributed by atoms with Crippen LogP contribution in [0.4, 0.5) is 10.1 Å². The molecule has 0 aliphatic heterocycles. The molecule has 0 radical (unpaired) electrons. The van der Waals surface area contributed by atoms with Crippen LogP contribution in [-0.4, -0.2) is 26.9 Å². The molecule has 3 rings (SSSR count). The van der Waals surface area contributed by atoms with Gasteiger partial charge in [-0.05, 0) is 61.0 Å². The second-order valence-electron chi connectivity index (χ2n) is 6.91. The van der Waals surface area contributed by atoms with Crippen molar-refractivity contribution >= 4 is 27.6 Å². The van der Waals surface area contributed by atoms with Crippen molar-refractivity contribution in [3.63, 3.8) is 0 Å². The lowest BCUT2D eigenvalue weighted by Gasteiger charge is -2.14. The Labute approximate surface area is 185 Å². The minimum atomic E-state index is -3.81. The third-order valence-electron chi connectivity index (χ3n) is 4.51. The van der Waals surface area contributed by atoms with Crippen LogP contribution in [0.2, 0.25) is 0 Å². The summed E-state index contributed by atoms with van der Waals surface area (Å²) >= 11 is 0. The Morgan fingerprint density at radius 3 is 2.19 bits per heavy atom. The van der Waals surface area contributed by atoms with Crippen LogP contribution >= 0.6 is 0 Å². The molecule has 1 amide bonds. The molecule has 3 aromatic carbocycles. The molecule has 0 fully saturated rings. The van der Waals surface area contributed by atoms with Crippen LogP contribution in [0.25, 0.3) is 0 Å². The van der Waals surface area contributed by atoms with Gasteiger partial charge in [0.15, 0.2) is 6.61 Å². The number of carbonyl (C=O) groups excluding carboxylic acids is 2. The number of esters is 1. The summed E-state index contributed by atoms with van der Waals surface area (Å²) in [5.41, 5.74) is 1.21. The number of sulfonamides is 1. The molecule has 0 aliphatic rings. The highest BCUT2D eigenvalue weighted by Gasteiger charge is 2.17. The molecule has 0 unspecified atom stereocenters. The van der Waals surface area contributed by atoms with Crippen molar-refractivity contribution in [1.82, 2.24) is 5.32 Å². The van der Waals surface area contributed by atoms with E-state index in [4.69, 9.17) is 4.74 Å². The Morgan fingerprint density at radius 2 is 1.56 bits per heavy atom. The van der Waals surface area contributed by atoms with Gasteiger partial charge in [0.05, 0.1) is 16.5 Å². The minimum Gasteiger partial charge on any atom is -0.452 e. The molecule has 0 saturated heterocycles. The first-order valence-electron chi connectivity index (χ1n) is 9.64. The molecule has 166 valence electrons. The topological polar surface area (TPSA) is 102 Å². The van der Waals surface area contributed by atoms with Gasteiger partial charge in [-0.25, -0.2) is 17.6 Å². The standard InChI is InChI=1S/C23H21FN2O5S/c1-16(17-7-11-19(24)12-8-17)25-22(27)15-31-23(28)18-9-13-21(14-10-18)32(29,30)26-20-5-3-2-4-6-20/h2-14,16,26H,15H2,1H3,(H,25,27)/t16-/m1/s1. The first kappa shape index (κ1) is 23.0. The van der Waals surface area contributed by atoms with Crippen molar-refractivity contribution in [1.29, 1.82) is 0 Å². The predicted molar refractivity (Wildman–Crippen MR) is 117 cm³/mol. The monoisotopic (exact) mass is 456 g/mol. The highest BCUT2D eigenvalue weighted by atomic mass is 32.2. The lowest BCUT2D eigenvalue weighted by atomic mass is 10.1. The van der Waals surface area contributed by atoms with Gasteiger partial charge in [0, 0.05) is 5.69 Å². The van der Waals surface area contributed by atoms with Crippen molar-refractivity contribution < 1.29 is 27.1 Å². The summed E-state index contributed by atoms with van der Waals surface area (Å²) in [6.45, 7) is 1.20. The molecule has 0 heterocycles. The van der Waals surface area contributed by atoms with Crippen LogP contribution in [0.15, 0.2) is 83.8 Å². The Morgan fingerprint density at radius 1 is 0.938 bits per heavy atom. The number of hydrogen-bond acceptors (Lipinski definition) is 5. The van der Waals surface area contributed by atoms with Crippen molar-refractivity contribution in [3.8, 4) is 0 Å². The van der Waals surface area contributed by atoms with E-state index in [1.165, 1.54) is 36.4 Å². The second kappa shape index (κ2) is 10.1. The summed E-state index contributed by atoms with van der Waals surface area (Å²) in [6.07, 6.45) is 0. The molecule has 7 nitrogen and oxygen atoms in total. The first-order valence-corrected chi connectivity index (χ1v) is 11.1. The van der Waals surface area contributed by atoms with Gasteiger partial charge in [-0.2, -0.15) is 0 Å². The number of benzene rings is 3. The number of amides is 1. The van der Waals surface area contributed by atoms with E-state index >= 15 is 0 Å². The molecule has 0 aliphatic carbocycles. The van der Waals surface area contributed by atoms with Crippen molar-refractivity contribution in [2.75, 3.05) is 11.3 Å². The molecular weight excluding hydrogens is 435 g/mol. The fraction of sp³-hybridized carbons (Fsp3) is 0.130. The molecule has 32 heavy (non-hydrogen) atoms. The Hall–Kier alpha value is -3.72. The van der Waals surface area contributed by atoms with Gasteiger partial charge < -0.3 is 10.1 Å². The fourth-order valence-corrected chi connectivity index (χ4v) is 3.88. The first-order chi connectivity index (χ1) is 15.2. The molecule has 9 heteroatoms. The third-order valence-corrected chi connectivity index (χ3v) is 5.91. The lowest BCUT2D eigenvalue weighted by Crippen LogP contribution is -2.31. The summed E-state index contributed by atoms with van der Waals surface area (Å²) in [5, 5.41) is 2.65. The highest BCUT2D eigenvalue weighted by Crippen LogP contribution is 2.17. The average Bonchev–Trinajstić information content (AvgIpc) is 2.78. The van der Waals surface area contributed by atoms with Crippen molar-refractivity contribution in [3.05, 3.63) is 95.8 Å². The van der Waals surface area contributed by atoms with Gasteiger partial charge >= 0.3 is 5.97 Å². The molecule has 3 aromatic rings. The lowest BCUT2D eigenvalue weighted by molar-refractivity contribution is -0.124. The molecule has 0 saturated carbocycles. The maximum Gasteiger partial charge on any atom is 0.338 e. The zero-order valence-electron chi connectivity index (χ0n) is 17.1. The van der Waals surface area contributed by atoms with Crippen LogP contribution in [0.1, 0.15) is 28.9 Å². The molecule has 0 spiro atoms. The third kappa shape index (κ3) is 6.14. The smallest absolute Gasteiger partial charge is 0.338 e. The van der Waals surface area contributed by atoms with Gasteiger partial charge in [-0.3, -0.25) is 9.52 Å². The Balaban J connectivity index is 1.54. The van der Waals surface area contributed by atoms with E-state index in [1.54, 1.807) is 49.4 Å².